The van der Waals surface area contributed by atoms with Crippen LogP contribution < -0.4 is 10.6 Å². The van der Waals surface area contributed by atoms with Gasteiger partial charge in [0.2, 0.25) is 11.6 Å². The van der Waals surface area contributed by atoms with Crippen molar-refractivity contribution in [2.75, 3.05) is 10.6 Å². The quantitative estimate of drug-likeness (QED) is 0.654. The predicted molar refractivity (Wildman–Crippen MR) is 105 cm³/mol. The minimum absolute atomic E-state index is 0.329. The molecule has 1 spiro atoms. The third kappa shape index (κ3) is 2.22. The maximum atomic E-state index is 13.2. The Kier molecular flexibility index (Phi) is 3.24. The summed E-state index contributed by atoms with van der Waals surface area (Å²) in [6.45, 7) is 0. The zero-order chi connectivity index (χ0) is 18.4. The molecule has 2 aliphatic rings. The van der Waals surface area contributed by atoms with Gasteiger partial charge in [0.15, 0.2) is 0 Å². The van der Waals surface area contributed by atoms with E-state index in [0.717, 1.165) is 11.3 Å². The van der Waals surface area contributed by atoms with Gasteiger partial charge in [0.25, 0.3) is 5.66 Å². The first-order valence-electron chi connectivity index (χ1n) is 8.67. The van der Waals surface area contributed by atoms with Gasteiger partial charge in [-0.05, 0) is 24.3 Å². The molecular formula is C22H15N3O2. The van der Waals surface area contributed by atoms with Crippen molar-refractivity contribution >= 4 is 28.8 Å². The standard InChI is InChI=1S/C22H15N3O2/c26-19-15-10-4-5-11-16(15)20(27)22(19)24-18-13-7-6-12-17(18)21(25-22)23-14-8-2-1-3-9-14/h1-13,24H,(H,23,25). The van der Waals surface area contributed by atoms with E-state index in [1.165, 1.54) is 0 Å². The van der Waals surface area contributed by atoms with Crippen LogP contribution >= 0.6 is 0 Å². The fourth-order valence-electron chi connectivity index (χ4n) is 3.59. The van der Waals surface area contributed by atoms with Gasteiger partial charge < -0.3 is 10.6 Å². The lowest BCUT2D eigenvalue weighted by molar-refractivity contribution is 0.0826. The predicted octanol–water partition coefficient (Wildman–Crippen LogP) is 3.75. The topological polar surface area (TPSA) is 70.6 Å². The maximum Gasteiger partial charge on any atom is 0.259 e. The molecule has 27 heavy (non-hydrogen) atoms. The Hall–Kier alpha value is -3.73. The normalized spacial score (nSPS) is 16.4. The Morgan fingerprint density at radius 3 is 1.93 bits per heavy atom. The van der Waals surface area contributed by atoms with E-state index in [-0.39, 0.29) is 11.6 Å². The fourth-order valence-corrected chi connectivity index (χ4v) is 3.59. The van der Waals surface area contributed by atoms with E-state index < -0.39 is 5.66 Å². The molecule has 130 valence electrons. The lowest BCUT2D eigenvalue weighted by Gasteiger charge is -2.31. The number of fused-ring (bicyclic) bond motifs is 2. The molecule has 3 aromatic rings. The van der Waals surface area contributed by atoms with Crippen LogP contribution in [-0.4, -0.2) is 23.1 Å². The zero-order valence-electron chi connectivity index (χ0n) is 14.3. The van der Waals surface area contributed by atoms with Crippen LogP contribution in [0, 0.1) is 0 Å². The average molecular weight is 353 g/mol. The van der Waals surface area contributed by atoms with E-state index in [9.17, 15) is 9.59 Å². The number of carbonyl (C=O) groups excluding carboxylic acids is 2. The lowest BCUT2D eigenvalue weighted by Crippen LogP contribution is -2.51. The van der Waals surface area contributed by atoms with Gasteiger partial charge in [-0.25, -0.2) is 4.99 Å². The van der Waals surface area contributed by atoms with Crippen LogP contribution in [0.15, 0.2) is 83.9 Å². The van der Waals surface area contributed by atoms with E-state index >= 15 is 0 Å². The van der Waals surface area contributed by atoms with Crippen molar-refractivity contribution in [3.05, 3.63) is 95.6 Å². The third-order valence-corrected chi connectivity index (χ3v) is 4.89. The van der Waals surface area contributed by atoms with Crippen LogP contribution in [0.25, 0.3) is 0 Å². The Morgan fingerprint density at radius 1 is 0.704 bits per heavy atom. The molecule has 0 unspecified atom stereocenters. The van der Waals surface area contributed by atoms with Crippen molar-refractivity contribution in [2.45, 2.75) is 5.66 Å². The smallest absolute Gasteiger partial charge is 0.259 e. The second-order valence-corrected chi connectivity index (χ2v) is 6.54. The number of nitrogens with zero attached hydrogens (tertiary/aromatic N) is 1. The number of rotatable bonds is 1. The number of anilines is 2. The zero-order valence-corrected chi connectivity index (χ0v) is 14.3. The maximum absolute atomic E-state index is 13.2. The molecule has 0 fully saturated rings. The molecule has 0 aromatic heterocycles. The molecule has 0 bridgehead atoms. The van der Waals surface area contributed by atoms with Gasteiger partial charge in [-0.1, -0.05) is 54.6 Å². The number of ketones is 2. The highest BCUT2D eigenvalue weighted by molar-refractivity contribution is 6.36. The summed E-state index contributed by atoms with van der Waals surface area (Å²) in [5, 5.41) is 6.37. The number of carbonyl (C=O) groups is 2. The first-order chi connectivity index (χ1) is 13.2. The molecule has 3 aromatic carbocycles. The number of hydrogen-bond acceptors (Lipinski definition) is 5. The van der Waals surface area contributed by atoms with E-state index in [1.54, 1.807) is 24.3 Å². The van der Waals surface area contributed by atoms with Crippen LogP contribution in [0.5, 0.6) is 0 Å². The minimum Gasteiger partial charge on any atom is -0.348 e. The highest BCUT2D eigenvalue weighted by atomic mass is 16.2. The summed E-state index contributed by atoms with van der Waals surface area (Å²) >= 11 is 0. The van der Waals surface area contributed by atoms with Gasteiger partial charge in [-0.2, -0.15) is 0 Å². The summed E-state index contributed by atoms with van der Waals surface area (Å²) < 4.78 is 0. The van der Waals surface area contributed by atoms with Crippen molar-refractivity contribution in [3.63, 3.8) is 0 Å². The summed E-state index contributed by atoms with van der Waals surface area (Å²) in [5.41, 5.74) is 1.48. The summed E-state index contributed by atoms with van der Waals surface area (Å²) in [5.74, 6) is -0.167. The molecule has 5 rings (SSSR count). The second-order valence-electron chi connectivity index (χ2n) is 6.54. The highest BCUT2D eigenvalue weighted by Crippen LogP contribution is 2.38. The van der Waals surface area contributed by atoms with Crippen LogP contribution in [0.2, 0.25) is 0 Å². The first kappa shape index (κ1) is 15.5. The monoisotopic (exact) mass is 353 g/mol. The molecule has 0 saturated heterocycles. The molecule has 5 nitrogen and oxygen atoms in total. The molecule has 0 atom stereocenters. The van der Waals surface area contributed by atoms with Gasteiger partial charge in [0.1, 0.15) is 5.84 Å². The van der Waals surface area contributed by atoms with Crippen molar-refractivity contribution in [1.82, 2.24) is 0 Å². The molecule has 1 heterocycles. The van der Waals surface area contributed by atoms with Gasteiger partial charge in [0.05, 0.1) is 0 Å². The number of aliphatic imine (C=N–C) groups is 1. The Morgan fingerprint density at radius 2 is 1.26 bits per heavy atom. The fraction of sp³-hybridized carbons (Fsp3) is 0.0455. The van der Waals surface area contributed by atoms with Crippen LogP contribution in [-0.2, 0) is 0 Å². The summed E-state index contributed by atoms with van der Waals surface area (Å²) in [4.78, 5) is 31.0. The summed E-state index contributed by atoms with van der Waals surface area (Å²) in [7, 11) is 0. The Labute approximate surface area is 155 Å². The van der Waals surface area contributed by atoms with Crippen molar-refractivity contribution < 1.29 is 9.59 Å². The Balaban J connectivity index is 1.68. The molecule has 2 N–H and O–H groups in total. The van der Waals surface area contributed by atoms with Gasteiger partial charge >= 0.3 is 0 Å². The first-order valence-corrected chi connectivity index (χ1v) is 8.67. The van der Waals surface area contributed by atoms with Crippen LogP contribution in [0.4, 0.5) is 11.4 Å². The second kappa shape index (κ2) is 5.64. The third-order valence-electron chi connectivity index (χ3n) is 4.89. The summed E-state index contributed by atoms with van der Waals surface area (Å²) in [6.07, 6.45) is 0. The van der Waals surface area contributed by atoms with Gasteiger partial charge in [-0.15, -0.1) is 0 Å². The Bertz CT molecular complexity index is 1080. The average Bonchev–Trinajstić information content (AvgIpc) is 2.91. The lowest BCUT2D eigenvalue weighted by atomic mass is 9.99. The van der Waals surface area contributed by atoms with Crippen molar-refractivity contribution in [2.24, 2.45) is 4.99 Å². The number of para-hydroxylation sites is 2. The van der Waals surface area contributed by atoms with Crippen molar-refractivity contribution in [3.8, 4) is 0 Å². The minimum atomic E-state index is -1.66. The van der Waals surface area contributed by atoms with E-state index in [2.05, 4.69) is 15.6 Å². The SMILES string of the molecule is O=C1c2ccccc2C(=O)C12N=C(Nc1ccccc1)c1ccccc1N2. The molecule has 0 amide bonds. The molecule has 1 aliphatic carbocycles. The van der Waals surface area contributed by atoms with Crippen LogP contribution in [0.3, 0.4) is 0 Å². The number of benzene rings is 3. The largest absolute Gasteiger partial charge is 0.348 e. The summed E-state index contributed by atoms with van der Waals surface area (Å²) in [6, 6.07) is 23.9. The number of hydrogen-bond donors (Lipinski definition) is 2. The van der Waals surface area contributed by atoms with Gasteiger partial charge in [-0.3, -0.25) is 9.59 Å². The number of nitrogens with one attached hydrogen (secondary N) is 2. The molecule has 1 aliphatic heterocycles. The highest BCUT2D eigenvalue weighted by Gasteiger charge is 2.55. The van der Waals surface area contributed by atoms with E-state index in [1.807, 2.05) is 54.6 Å². The molecular weight excluding hydrogens is 338 g/mol. The molecule has 0 radical (unpaired) electrons. The molecule has 0 saturated carbocycles. The number of Topliss-reactive ketones (excluding diaryl/α,β-unsaturated/α-hetero) is 2. The molecule has 5 heteroatoms. The van der Waals surface area contributed by atoms with Crippen molar-refractivity contribution in [1.29, 1.82) is 0 Å². The van der Waals surface area contributed by atoms with E-state index in [4.69, 9.17) is 0 Å². The van der Waals surface area contributed by atoms with E-state index in [0.29, 0.717) is 22.6 Å². The van der Waals surface area contributed by atoms with Crippen LogP contribution in [0.1, 0.15) is 26.3 Å². The van der Waals surface area contributed by atoms with Gasteiger partial charge in [0, 0.05) is 28.1 Å². The number of amidine groups is 1.